The molecule has 2 aromatic carbocycles. The minimum absolute atomic E-state index is 0.0768. The van der Waals surface area contributed by atoms with E-state index in [2.05, 4.69) is 0 Å². The van der Waals surface area contributed by atoms with Crippen LogP contribution in [0.2, 0.25) is 0 Å². The van der Waals surface area contributed by atoms with E-state index in [-0.39, 0.29) is 18.2 Å². The molecule has 0 bridgehead atoms. The summed E-state index contributed by atoms with van der Waals surface area (Å²) in [4.78, 5) is 24.6. The topological polar surface area (TPSA) is 57.6 Å². The molecule has 1 amide bonds. The van der Waals surface area contributed by atoms with Crippen LogP contribution in [0.1, 0.15) is 12.0 Å². The van der Waals surface area contributed by atoms with Crippen LogP contribution in [-0.4, -0.2) is 35.0 Å². The zero-order valence-electron chi connectivity index (χ0n) is 11.7. The third kappa shape index (κ3) is 2.89. The monoisotopic (exact) mass is 283 g/mol. The van der Waals surface area contributed by atoms with Gasteiger partial charge in [0.15, 0.2) is 0 Å². The van der Waals surface area contributed by atoms with Gasteiger partial charge in [-0.05, 0) is 16.3 Å². The molecule has 1 aliphatic heterocycles. The highest BCUT2D eigenvalue weighted by Gasteiger charge is 2.31. The average molecular weight is 283 g/mol. The van der Waals surface area contributed by atoms with Crippen LogP contribution < -0.4 is 0 Å². The van der Waals surface area contributed by atoms with Crippen LogP contribution in [0.3, 0.4) is 0 Å². The normalized spacial score (nSPS) is 15.0. The van der Waals surface area contributed by atoms with Gasteiger partial charge in [-0.15, -0.1) is 0 Å². The molecule has 0 unspecified atom stereocenters. The van der Waals surface area contributed by atoms with Gasteiger partial charge in [-0.25, -0.2) is 0 Å². The Morgan fingerprint density at radius 2 is 1.81 bits per heavy atom. The fraction of sp³-hybridized carbons (Fsp3) is 0.294. The first-order valence-corrected chi connectivity index (χ1v) is 7.09. The summed E-state index contributed by atoms with van der Waals surface area (Å²) in [6.45, 7) is 1.13. The second-order valence-electron chi connectivity index (χ2n) is 5.58. The molecule has 0 saturated carbocycles. The van der Waals surface area contributed by atoms with E-state index < -0.39 is 5.97 Å². The van der Waals surface area contributed by atoms with Crippen molar-refractivity contribution in [2.45, 2.75) is 12.8 Å². The number of carbonyl (C=O) groups excluding carboxylic acids is 1. The van der Waals surface area contributed by atoms with E-state index in [1.54, 1.807) is 4.90 Å². The largest absolute Gasteiger partial charge is 0.481 e. The van der Waals surface area contributed by atoms with E-state index in [0.717, 1.165) is 16.3 Å². The zero-order chi connectivity index (χ0) is 14.8. The van der Waals surface area contributed by atoms with Crippen LogP contribution in [0.15, 0.2) is 42.5 Å². The molecule has 1 heterocycles. The molecule has 1 N–H and O–H groups in total. The Morgan fingerprint density at radius 3 is 2.57 bits per heavy atom. The molecule has 1 saturated heterocycles. The van der Waals surface area contributed by atoms with Crippen molar-refractivity contribution in [3.63, 3.8) is 0 Å². The molecule has 4 nitrogen and oxygen atoms in total. The van der Waals surface area contributed by atoms with Gasteiger partial charge in [0.25, 0.3) is 0 Å². The summed E-state index contributed by atoms with van der Waals surface area (Å²) in [5, 5.41) is 11.0. The van der Waals surface area contributed by atoms with E-state index in [0.29, 0.717) is 19.5 Å². The van der Waals surface area contributed by atoms with Crippen molar-refractivity contribution in [2.75, 3.05) is 13.1 Å². The molecule has 1 aliphatic rings. The maximum absolute atomic E-state index is 12.2. The lowest BCUT2D eigenvalue weighted by molar-refractivity contribution is -0.144. The quantitative estimate of drug-likeness (QED) is 0.936. The summed E-state index contributed by atoms with van der Waals surface area (Å²) >= 11 is 0. The lowest BCUT2D eigenvalue weighted by Gasteiger charge is -2.38. The predicted octanol–water partition coefficient (Wildman–Crippen LogP) is 2.32. The third-order valence-corrected chi connectivity index (χ3v) is 3.99. The number of likely N-dealkylation sites (tertiary alicyclic amines) is 1. The van der Waals surface area contributed by atoms with Crippen molar-refractivity contribution in [2.24, 2.45) is 5.92 Å². The van der Waals surface area contributed by atoms with Gasteiger partial charge in [-0.2, -0.15) is 0 Å². The standard InChI is InChI=1S/C17H17NO3/c19-16(18-10-12(11-18)8-17(20)21)9-14-6-3-5-13-4-1-2-7-15(13)14/h1-7,12H,8-11H2,(H,20,21). The van der Waals surface area contributed by atoms with Crippen LogP contribution >= 0.6 is 0 Å². The number of nitrogens with zero attached hydrogens (tertiary/aromatic N) is 1. The van der Waals surface area contributed by atoms with Crippen molar-refractivity contribution >= 4 is 22.6 Å². The first-order valence-electron chi connectivity index (χ1n) is 7.09. The summed E-state index contributed by atoms with van der Waals surface area (Å²) in [5.74, 6) is -0.604. The summed E-state index contributed by atoms with van der Waals surface area (Å²) in [5.41, 5.74) is 1.03. The van der Waals surface area contributed by atoms with Gasteiger partial charge in [0.2, 0.25) is 5.91 Å². The van der Waals surface area contributed by atoms with Gasteiger partial charge >= 0.3 is 5.97 Å². The second kappa shape index (κ2) is 5.56. The number of hydrogen-bond acceptors (Lipinski definition) is 2. The van der Waals surface area contributed by atoms with Crippen molar-refractivity contribution < 1.29 is 14.7 Å². The fourth-order valence-corrected chi connectivity index (χ4v) is 2.87. The van der Waals surface area contributed by atoms with Gasteiger partial charge in [0.1, 0.15) is 0 Å². The lowest BCUT2D eigenvalue weighted by atomic mass is 9.95. The highest BCUT2D eigenvalue weighted by molar-refractivity contribution is 5.90. The smallest absolute Gasteiger partial charge is 0.303 e. The molecule has 4 heteroatoms. The fourth-order valence-electron chi connectivity index (χ4n) is 2.87. The van der Waals surface area contributed by atoms with Gasteiger partial charge in [0, 0.05) is 19.0 Å². The number of fused-ring (bicyclic) bond motifs is 1. The Hall–Kier alpha value is -2.36. The van der Waals surface area contributed by atoms with Crippen molar-refractivity contribution in [3.8, 4) is 0 Å². The van der Waals surface area contributed by atoms with Crippen molar-refractivity contribution in [1.29, 1.82) is 0 Å². The maximum Gasteiger partial charge on any atom is 0.303 e. The minimum Gasteiger partial charge on any atom is -0.481 e. The molecule has 0 radical (unpaired) electrons. The highest BCUT2D eigenvalue weighted by Crippen LogP contribution is 2.23. The third-order valence-electron chi connectivity index (χ3n) is 3.99. The Bertz CT molecular complexity index is 684. The molecular formula is C17H17NO3. The molecule has 2 aromatic rings. The number of carboxylic acid groups (broad SMARTS) is 1. The van der Waals surface area contributed by atoms with Gasteiger partial charge in [-0.1, -0.05) is 42.5 Å². The number of benzene rings is 2. The van der Waals surface area contributed by atoms with E-state index in [4.69, 9.17) is 5.11 Å². The SMILES string of the molecule is O=C(O)CC1CN(C(=O)Cc2cccc3ccccc23)C1. The summed E-state index contributed by atoms with van der Waals surface area (Å²) in [6, 6.07) is 14.0. The summed E-state index contributed by atoms with van der Waals surface area (Å²) < 4.78 is 0. The number of aliphatic carboxylic acids is 1. The number of amides is 1. The summed E-state index contributed by atoms with van der Waals surface area (Å²) in [7, 11) is 0. The molecule has 1 fully saturated rings. The first kappa shape index (κ1) is 13.6. The van der Waals surface area contributed by atoms with Crippen LogP contribution in [0.4, 0.5) is 0 Å². The number of carbonyl (C=O) groups is 2. The molecule has 0 spiro atoms. The van der Waals surface area contributed by atoms with Gasteiger partial charge in [-0.3, -0.25) is 9.59 Å². The molecule has 0 aromatic heterocycles. The molecule has 3 rings (SSSR count). The Balaban J connectivity index is 1.67. The number of rotatable bonds is 4. The van der Waals surface area contributed by atoms with Crippen LogP contribution in [-0.2, 0) is 16.0 Å². The Morgan fingerprint density at radius 1 is 1.10 bits per heavy atom. The molecule has 0 atom stereocenters. The predicted molar refractivity (Wildman–Crippen MR) is 80.0 cm³/mol. The first-order chi connectivity index (χ1) is 10.1. The van der Waals surface area contributed by atoms with Crippen LogP contribution in [0.25, 0.3) is 10.8 Å². The van der Waals surface area contributed by atoms with Gasteiger partial charge in [0.05, 0.1) is 12.8 Å². The molecule has 0 aliphatic carbocycles. The minimum atomic E-state index is -0.791. The Kier molecular flexibility index (Phi) is 3.60. The number of hydrogen-bond donors (Lipinski definition) is 1. The van der Waals surface area contributed by atoms with Gasteiger partial charge < -0.3 is 10.0 Å². The van der Waals surface area contributed by atoms with E-state index in [1.165, 1.54) is 0 Å². The Labute approximate surface area is 123 Å². The maximum atomic E-state index is 12.2. The number of carboxylic acids is 1. The average Bonchev–Trinajstić information content (AvgIpc) is 2.42. The second-order valence-corrected chi connectivity index (χ2v) is 5.58. The van der Waals surface area contributed by atoms with E-state index >= 15 is 0 Å². The molecular weight excluding hydrogens is 266 g/mol. The lowest BCUT2D eigenvalue weighted by Crippen LogP contribution is -2.51. The van der Waals surface area contributed by atoms with Crippen LogP contribution in [0, 0.1) is 5.92 Å². The van der Waals surface area contributed by atoms with E-state index in [1.807, 2.05) is 42.5 Å². The summed E-state index contributed by atoms with van der Waals surface area (Å²) in [6.07, 6.45) is 0.527. The van der Waals surface area contributed by atoms with E-state index in [9.17, 15) is 9.59 Å². The van der Waals surface area contributed by atoms with Crippen LogP contribution in [0.5, 0.6) is 0 Å². The zero-order valence-corrected chi connectivity index (χ0v) is 11.7. The molecule has 21 heavy (non-hydrogen) atoms. The van der Waals surface area contributed by atoms with Crippen molar-refractivity contribution in [1.82, 2.24) is 4.90 Å². The highest BCUT2D eigenvalue weighted by atomic mass is 16.4. The van der Waals surface area contributed by atoms with Crippen molar-refractivity contribution in [3.05, 3.63) is 48.0 Å². The molecule has 108 valence electrons.